The number of nitrogens with zero attached hydrogens (tertiary/aromatic N) is 2. The third-order valence-electron chi connectivity index (χ3n) is 6.20. The highest BCUT2D eigenvalue weighted by molar-refractivity contribution is 6.21. The van der Waals surface area contributed by atoms with Crippen LogP contribution in [-0.4, -0.2) is 46.2 Å². The number of likely N-dealkylation sites (tertiary alicyclic amines) is 1. The highest BCUT2D eigenvalue weighted by Gasteiger charge is 2.29. The standard InChI is InChI=1S/C25H24FN3O2/c26-18-10-8-17(9-11-18)24(30)29-15-12-20-19-6-2-3-7-22(19)27-23(20)21(16-29)25(31)28-13-4-1-5-14-28/h2-3,6-11,16,27H,1,4-5,12-15H2. The lowest BCUT2D eigenvalue weighted by Gasteiger charge is -2.28. The summed E-state index contributed by atoms with van der Waals surface area (Å²) in [6.45, 7) is 1.91. The first-order valence-electron chi connectivity index (χ1n) is 10.8. The Morgan fingerprint density at radius 2 is 1.61 bits per heavy atom. The predicted octanol–water partition coefficient (Wildman–Crippen LogP) is 4.36. The van der Waals surface area contributed by atoms with Gasteiger partial charge in [0.2, 0.25) is 0 Å². The fourth-order valence-corrected chi connectivity index (χ4v) is 4.55. The van der Waals surface area contributed by atoms with Crippen molar-refractivity contribution in [3.8, 4) is 0 Å². The van der Waals surface area contributed by atoms with E-state index < -0.39 is 0 Å². The molecular formula is C25H24FN3O2. The normalized spacial score (nSPS) is 16.6. The van der Waals surface area contributed by atoms with Crippen molar-refractivity contribution < 1.29 is 14.0 Å². The molecule has 1 saturated heterocycles. The third kappa shape index (κ3) is 3.63. The van der Waals surface area contributed by atoms with Crippen molar-refractivity contribution in [2.24, 2.45) is 0 Å². The van der Waals surface area contributed by atoms with Gasteiger partial charge in [0.15, 0.2) is 0 Å². The van der Waals surface area contributed by atoms with Crippen LogP contribution in [0.3, 0.4) is 0 Å². The Morgan fingerprint density at radius 3 is 2.39 bits per heavy atom. The number of H-pyrrole nitrogens is 1. The number of halogens is 1. The Morgan fingerprint density at radius 1 is 0.871 bits per heavy atom. The van der Waals surface area contributed by atoms with Crippen LogP contribution in [-0.2, 0) is 11.2 Å². The van der Waals surface area contributed by atoms with Crippen molar-refractivity contribution in [1.29, 1.82) is 0 Å². The van der Waals surface area contributed by atoms with E-state index in [2.05, 4.69) is 4.98 Å². The lowest BCUT2D eigenvalue weighted by atomic mass is 10.0. The summed E-state index contributed by atoms with van der Waals surface area (Å²) in [7, 11) is 0. The molecule has 2 aromatic carbocycles. The van der Waals surface area contributed by atoms with E-state index in [1.807, 2.05) is 29.2 Å². The number of carbonyl (C=O) groups is 2. The highest BCUT2D eigenvalue weighted by atomic mass is 19.1. The Hall–Kier alpha value is -3.41. The van der Waals surface area contributed by atoms with Gasteiger partial charge >= 0.3 is 0 Å². The number of aromatic nitrogens is 1. The van der Waals surface area contributed by atoms with Crippen molar-refractivity contribution in [3.63, 3.8) is 0 Å². The number of fused-ring (bicyclic) bond motifs is 3. The summed E-state index contributed by atoms with van der Waals surface area (Å²) in [6, 6.07) is 13.5. The summed E-state index contributed by atoms with van der Waals surface area (Å²) in [6.07, 6.45) is 5.44. The number of aromatic amines is 1. The van der Waals surface area contributed by atoms with E-state index in [1.54, 1.807) is 11.1 Å². The molecule has 5 rings (SSSR count). The van der Waals surface area contributed by atoms with Gasteiger partial charge in [-0.05, 0) is 61.6 Å². The number of piperidine rings is 1. The fourth-order valence-electron chi connectivity index (χ4n) is 4.55. The molecule has 6 heteroatoms. The molecule has 0 saturated carbocycles. The van der Waals surface area contributed by atoms with Crippen molar-refractivity contribution in [1.82, 2.24) is 14.8 Å². The van der Waals surface area contributed by atoms with Gasteiger partial charge in [0, 0.05) is 42.3 Å². The van der Waals surface area contributed by atoms with Crippen LogP contribution in [0.1, 0.15) is 40.9 Å². The van der Waals surface area contributed by atoms with Crippen molar-refractivity contribution in [3.05, 3.63) is 77.4 Å². The molecule has 0 bridgehead atoms. The summed E-state index contributed by atoms with van der Waals surface area (Å²) < 4.78 is 13.3. The Bertz CT molecular complexity index is 1170. The number of carbonyl (C=O) groups excluding carboxylic acids is 2. The van der Waals surface area contributed by atoms with Gasteiger partial charge in [-0.2, -0.15) is 0 Å². The van der Waals surface area contributed by atoms with E-state index in [0.29, 0.717) is 24.1 Å². The molecule has 158 valence electrons. The van der Waals surface area contributed by atoms with Crippen LogP contribution in [0.4, 0.5) is 4.39 Å². The summed E-state index contributed by atoms with van der Waals surface area (Å²) >= 11 is 0. The average Bonchev–Trinajstić information content (AvgIpc) is 3.07. The van der Waals surface area contributed by atoms with Crippen LogP contribution in [0, 0.1) is 5.82 Å². The topological polar surface area (TPSA) is 56.4 Å². The zero-order chi connectivity index (χ0) is 21.4. The van der Waals surface area contributed by atoms with Gasteiger partial charge in [-0.25, -0.2) is 4.39 Å². The molecule has 1 aromatic heterocycles. The minimum atomic E-state index is -0.384. The van der Waals surface area contributed by atoms with E-state index in [4.69, 9.17) is 0 Å². The molecule has 31 heavy (non-hydrogen) atoms. The maximum Gasteiger partial charge on any atom is 0.257 e. The van der Waals surface area contributed by atoms with Crippen LogP contribution in [0.5, 0.6) is 0 Å². The Labute approximate surface area is 180 Å². The zero-order valence-corrected chi connectivity index (χ0v) is 17.2. The molecule has 2 aliphatic rings. The Balaban J connectivity index is 1.58. The first-order chi connectivity index (χ1) is 15.1. The van der Waals surface area contributed by atoms with E-state index in [1.165, 1.54) is 24.3 Å². The number of hydrogen-bond acceptors (Lipinski definition) is 2. The molecule has 1 fully saturated rings. The largest absolute Gasteiger partial charge is 0.354 e. The lowest BCUT2D eigenvalue weighted by molar-refractivity contribution is -0.125. The van der Waals surface area contributed by atoms with Crippen molar-refractivity contribution in [2.45, 2.75) is 25.7 Å². The highest BCUT2D eigenvalue weighted by Crippen LogP contribution is 2.32. The summed E-state index contributed by atoms with van der Waals surface area (Å²) in [5.41, 5.74) is 3.76. The maximum absolute atomic E-state index is 13.5. The number of para-hydroxylation sites is 1. The SMILES string of the molecule is O=C(c1ccc(F)cc1)N1C=C(C(=O)N2CCCCC2)c2[nH]c3ccccc3c2CC1. The summed E-state index contributed by atoms with van der Waals surface area (Å²) in [5.74, 6) is -0.671. The number of benzene rings is 2. The van der Waals surface area contributed by atoms with Crippen LogP contribution in [0.25, 0.3) is 16.5 Å². The van der Waals surface area contributed by atoms with Crippen LogP contribution < -0.4 is 0 Å². The molecule has 0 atom stereocenters. The molecule has 1 N–H and O–H groups in total. The second kappa shape index (κ2) is 8.02. The Kier molecular flexibility index (Phi) is 5.06. The molecular weight excluding hydrogens is 393 g/mol. The molecule has 0 spiro atoms. The number of nitrogens with one attached hydrogen (secondary N) is 1. The monoisotopic (exact) mass is 417 g/mol. The number of amides is 2. The van der Waals surface area contributed by atoms with Crippen LogP contribution >= 0.6 is 0 Å². The zero-order valence-electron chi connectivity index (χ0n) is 17.2. The molecule has 5 nitrogen and oxygen atoms in total. The van der Waals surface area contributed by atoms with Gasteiger partial charge in [0.25, 0.3) is 11.8 Å². The van der Waals surface area contributed by atoms with E-state index in [-0.39, 0.29) is 17.6 Å². The first kappa shape index (κ1) is 19.5. The van der Waals surface area contributed by atoms with E-state index >= 15 is 0 Å². The second-order valence-electron chi connectivity index (χ2n) is 8.18. The first-order valence-corrected chi connectivity index (χ1v) is 10.8. The van der Waals surface area contributed by atoms with E-state index in [0.717, 1.165) is 54.5 Å². The van der Waals surface area contributed by atoms with Gasteiger partial charge in [0.05, 0.1) is 11.3 Å². The summed E-state index contributed by atoms with van der Waals surface area (Å²) in [5, 5.41) is 1.07. The maximum atomic E-state index is 13.5. The van der Waals surface area contributed by atoms with Gasteiger partial charge in [0.1, 0.15) is 5.82 Å². The molecule has 2 aliphatic heterocycles. The molecule has 3 heterocycles. The lowest BCUT2D eigenvalue weighted by Crippen LogP contribution is -2.37. The minimum absolute atomic E-state index is 0.0497. The van der Waals surface area contributed by atoms with Gasteiger partial charge in [-0.1, -0.05) is 18.2 Å². The van der Waals surface area contributed by atoms with Gasteiger partial charge in [-0.15, -0.1) is 0 Å². The minimum Gasteiger partial charge on any atom is -0.354 e. The summed E-state index contributed by atoms with van der Waals surface area (Å²) in [4.78, 5) is 33.6. The van der Waals surface area contributed by atoms with Gasteiger partial charge < -0.3 is 14.8 Å². The number of rotatable bonds is 2. The second-order valence-corrected chi connectivity index (χ2v) is 8.18. The van der Waals surface area contributed by atoms with Crippen LogP contribution in [0.15, 0.2) is 54.7 Å². The molecule has 0 radical (unpaired) electrons. The number of hydrogen-bond donors (Lipinski definition) is 1. The smallest absolute Gasteiger partial charge is 0.257 e. The molecule has 0 unspecified atom stereocenters. The predicted molar refractivity (Wildman–Crippen MR) is 118 cm³/mol. The van der Waals surface area contributed by atoms with Crippen molar-refractivity contribution >= 4 is 28.3 Å². The van der Waals surface area contributed by atoms with E-state index in [9.17, 15) is 14.0 Å². The van der Waals surface area contributed by atoms with Crippen LogP contribution in [0.2, 0.25) is 0 Å². The van der Waals surface area contributed by atoms with Gasteiger partial charge in [-0.3, -0.25) is 9.59 Å². The quantitative estimate of drug-likeness (QED) is 0.674. The van der Waals surface area contributed by atoms with Crippen molar-refractivity contribution in [2.75, 3.05) is 19.6 Å². The molecule has 2 amide bonds. The third-order valence-corrected chi connectivity index (χ3v) is 6.20. The average molecular weight is 417 g/mol. The fraction of sp³-hybridized carbons (Fsp3) is 0.280. The molecule has 3 aromatic rings. The molecule has 0 aliphatic carbocycles.